The maximum Gasteiger partial charge on any atom is 0.134 e. The fourth-order valence-electron chi connectivity index (χ4n) is 2.40. The second-order valence-corrected chi connectivity index (χ2v) is 5.62. The van der Waals surface area contributed by atoms with Crippen LogP contribution >= 0.6 is 11.6 Å². The van der Waals surface area contributed by atoms with Crippen LogP contribution in [0.25, 0.3) is 11.0 Å². The molecular formula is C16H18ClN3O. The van der Waals surface area contributed by atoms with Gasteiger partial charge in [0, 0.05) is 23.7 Å². The van der Waals surface area contributed by atoms with Crippen LogP contribution in [0.3, 0.4) is 0 Å². The summed E-state index contributed by atoms with van der Waals surface area (Å²) in [5, 5.41) is 5.21. The van der Waals surface area contributed by atoms with Crippen LogP contribution in [-0.4, -0.2) is 16.1 Å². The topological polar surface area (TPSA) is 43.0 Å². The second-order valence-electron chi connectivity index (χ2n) is 5.18. The van der Waals surface area contributed by atoms with Crippen LogP contribution in [0.15, 0.2) is 41.2 Å². The molecule has 0 bridgehead atoms. The summed E-state index contributed by atoms with van der Waals surface area (Å²) in [7, 11) is 1.96. The Balaban J connectivity index is 2.00. The minimum absolute atomic E-state index is 0.0441. The molecule has 0 saturated carbocycles. The molecule has 1 atom stereocenters. The Bertz CT molecular complexity index is 747. The molecule has 0 spiro atoms. The number of aryl methyl sites for hydroxylation is 1. The van der Waals surface area contributed by atoms with Crippen LogP contribution < -0.4 is 5.32 Å². The van der Waals surface area contributed by atoms with Gasteiger partial charge in [-0.15, -0.1) is 0 Å². The monoisotopic (exact) mass is 303 g/mol. The van der Waals surface area contributed by atoms with Crippen LogP contribution in [0, 0.1) is 0 Å². The van der Waals surface area contributed by atoms with Gasteiger partial charge < -0.3 is 14.3 Å². The lowest BCUT2D eigenvalue weighted by Gasteiger charge is -2.13. The van der Waals surface area contributed by atoms with Crippen molar-refractivity contribution in [3.63, 3.8) is 0 Å². The lowest BCUT2D eigenvalue weighted by Crippen LogP contribution is -2.23. The first-order chi connectivity index (χ1) is 10.2. The number of imidazole rings is 1. The van der Waals surface area contributed by atoms with Crippen molar-refractivity contribution in [2.45, 2.75) is 19.4 Å². The molecule has 1 unspecified atom stereocenters. The maximum absolute atomic E-state index is 6.04. The summed E-state index contributed by atoms with van der Waals surface area (Å²) >= 11 is 6.04. The Morgan fingerprint density at radius 2 is 2.24 bits per heavy atom. The summed E-state index contributed by atoms with van der Waals surface area (Å²) in [6, 6.07) is 7.64. The Kier molecular flexibility index (Phi) is 3.99. The average molecular weight is 304 g/mol. The van der Waals surface area contributed by atoms with Crippen molar-refractivity contribution < 1.29 is 4.42 Å². The van der Waals surface area contributed by atoms with E-state index in [-0.39, 0.29) is 6.04 Å². The number of aromatic nitrogens is 2. The molecule has 3 aromatic rings. The molecule has 5 heteroatoms. The van der Waals surface area contributed by atoms with Crippen LogP contribution in [0.4, 0.5) is 0 Å². The van der Waals surface area contributed by atoms with Gasteiger partial charge in [0.25, 0.3) is 0 Å². The van der Waals surface area contributed by atoms with E-state index in [9.17, 15) is 0 Å². The van der Waals surface area contributed by atoms with E-state index in [4.69, 9.17) is 16.0 Å². The maximum atomic E-state index is 6.04. The molecule has 2 aromatic heterocycles. The number of nitrogens with zero attached hydrogens (tertiary/aromatic N) is 2. The van der Waals surface area contributed by atoms with Crippen molar-refractivity contribution >= 4 is 22.6 Å². The Hall–Kier alpha value is -1.78. The van der Waals surface area contributed by atoms with E-state index >= 15 is 0 Å². The third-order valence-corrected chi connectivity index (χ3v) is 3.64. The number of hydrogen-bond donors (Lipinski definition) is 1. The molecule has 110 valence electrons. The molecule has 0 radical (unpaired) electrons. The third kappa shape index (κ3) is 2.96. The van der Waals surface area contributed by atoms with Gasteiger partial charge in [-0.05, 0) is 37.2 Å². The van der Waals surface area contributed by atoms with Crippen LogP contribution in [0.1, 0.15) is 30.8 Å². The van der Waals surface area contributed by atoms with Gasteiger partial charge in [-0.25, -0.2) is 4.98 Å². The van der Waals surface area contributed by atoms with E-state index in [2.05, 4.69) is 17.2 Å². The molecule has 0 amide bonds. The SMILES string of the molecule is CCCNC(c1cn(C)cn1)c1cc2cc(Cl)ccc2o1. The fourth-order valence-corrected chi connectivity index (χ4v) is 2.58. The van der Waals surface area contributed by atoms with Gasteiger partial charge in [0.15, 0.2) is 0 Å². The molecule has 0 saturated heterocycles. The van der Waals surface area contributed by atoms with Crippen molar-refractivity contribution in [1.82, 2.24) is 14.9 Å². The molecule has 0 fully saturated rings. The number of hydrogen-bond acceptors (Lipinski definition) is 3. The number of halogens is 1. The van der Waals surface area contributed by atoms with Crippen molar-refractivity contribution in [1.29, 1.82) is 0 Å². The van der Waals surface area contributed by atoms with Gasteiger partial charge >= 0.3 is 0 Å². The Morgan fingerprint density at radius 3 is 2.95 bits per heavy atom. The lowest BCUT2D eigenvalue weighted by atomic mass is 10.1. The quantitative estimate of drug-likeness (QED) is 0.777. The van der Waals surface area contributed by atoms with Crippen molar-refractivity contribution in [2.24, 2.45) is 7.05 Å². The summed E-state index contributed by atoms with van der Waals surface area (Å²) in [6.45, 7) is 3.04. The number of benzene rings is 1. The van der Waals surface area contributed by atoms with Crippen molar-refractivity contribution in [2.75, 3.05) is 6.54 Å². The first-order valence-corrected chi connectivity index (χ1v) is 7.45. The molecule has 3 rings (SSSR count). The Morgan fingerprint density at radius 1 is 1.38 bits per heavy atom. The highest BCUT2D eigenvalue weighted by atomic mass is 35.5. The van der Waals surface area contributed by atoms with E-state index in [1.807, 2.05) is 42.1 Å². The van der Waals surface area contributed by atoms with E-state index in [1.165, 1.54) is 0 Å². The smallest absolute Gasteiger partial charge is 0.134 e. The van der Waals surface area contributed by atoms with Gasteiger partial charge in [0.1, 0.15) is 17.4 Å². The minimum atomic E-state index is -0.0441. The number of furan rings is 1. The largest absolute Gasteiger partial charge is 0.459 e. The number of nitrogens with one attached hydrogen (secondary N) is 1. The second kappa shape index (κ2) is 5.92. The zero-order valence-corrected chi connectivity index (χ0v) is 12.9. The zero-order chi connectivity index (χ0) is 14.8. The van der Waals surface area contributed by atoms with E-state index < -0.39 is 0 Å². The molecule has 0 aliphatic rings. The predicted molar refractivity (Wildman–Crippen MR) is 84.6 cm³/mol. The lowest BCUT2D eigenvalue weighted by molar-refractivity contribution is 0.464. The molecule has 4 nitrogen and oxygen atoms in total. The summed E-state index contributed by atoms with van der Waals surface area (Å²) < 4.78 is 7.92. The summed E-state index contributed by atoms with van der Waals surface area (Å²) in [6.07, 6.45) is 4.86. The summed E-state index contributed by atoms with van der Waals surface area (Å²) in [4.78, 5) is 4.45. The molecule has 1 N–H and O–H groups in total. The van der Waals surface area contributed by atoms with Crippen molar-refractivity contribution in [3.05, 3.63) is 53.3 Å². The van der Waals surface area contributed by atoms with E-state index in [0.717, 1.165) is 35.4 Å². The van der Waals surface area contributed by atoms with Gasteiger partial charge in [-0.3, -0.25) is 0 Å². The molecule has 2 heterocycles. The highest BCUT2D eigenvalue weighted by molar-refractivity contribution is 6.31. The molecule has 0 aliphatic heterocycles. The number of rotatable bonds is 5. The average Bonchev–Trinajstić information content (AvgIpc) is 3.05. The standard InChI is InChI=1S/C16H18ClN3O/c1-3-6-18-16(13-9-20(2)10-19-13)15-8-11-7-12(17)4-5-14(11)21-15/h4-5,7-10,16,18H,3,6H2,1-2H3. The summed E-state index contributed by atoms with van der Waals surface area (Å²) in [5.41, 5.74) is 1.80. The fraction of sp³-hybridized carbons (Fsp3) is 0.312. The third-order valence-electron chi connectivity index (χ3n) is 3.40. The first kappa shape index (κ1) is 14.2. The van der Waals surface area contributed by atoms with Crippen LogP contribution in [0.2, 0.25) is 5.02 Å². The number of fused-ring (bicyclic) bond motifs is 1. The highest BCUT2D eigenvalue weighted by Crippen LogP contribution is 2.29. The molecule has 1 aromatic carbocycles. The van der Waals surface area contributed by atoms with Gasteiger partial charge in [0.2, 0.25) is 0 Å². The van der Waals surface area contributed by atoms with E-state index in [1.54, 1.807) is 6.33 Å². The van der Waals surface area contributed by atoms with Gasteiger partial charge in [0.05, 0.1) is 12.0 Å². The predicted octanol–water partition coefficient (Wildman–Crippen LogP) is 3.91. The van der Waals surface area contributed by atoms with Gasteiger partial charge in [-0.1, -0.05) is 18.5 Å². The summed E-state index contributed by atoms with van der Waals surface area (Å²) in [5.74, 6) is 0.861. The molecule has 0 aliphatic carbocycles. The molecular weight excluding hydrogens is 286 g/mol. The van der Waals surface area contributed by atoms with Crippen LogP contribution in [0.5, 0.6) is 0 Å². The van der Waals surface area contributed by atoms with Crippen molar-refractivity contribution in [3.8, 4) is 0 Å². The normalized spacial score (nSPS) is 12.9. The first-order valence-electron chi connectivity index (χ1n) is 7.07. The highest BCUT2D eigenvalue weighted by Gasteiger charge is 2.20. The minimum Gasteiger partial charge on any atom is -0.459 e. The molecule has 21 heavy (non-hydrogen) atoms. The van der Waals surface area contributed by atoms with E-state index in [0.29, 0.717) is 5.02 Å². The zero-order valence-electron chi connectivity index (χ0n) is 12.1. The Labute approximate surface area is 128 Å². The van der Waals surface area contributed by atoms with Gasteiger partial charge in [-0.2, -0.15) is 0 Å². The van der Waals surface area contributed by atoms with Crippen LogP contribution in [-0.2, 0) is 7.05 Å².